The van der Waals surface area contributed by atoms with E-state index in [-0.39, 0.29) is 11.2 Å². The highest BCUT2D eigenvalue weighted by Crippen LogP contribution is 2.27. The van der Waals surface area contributed by atoms with Crippen molar-refractivity contribution in [1.29, 1.82) is 0 Å². The molecule has 2 rings (SSSR count). The molecule has 0 amide bonds. The highest BCUT2D eigenvalue weighted by atomic mass is 16.1. The Hall–Kier alpha value is -2.09. The molecule has 0 bridgehead atoms. The first kappa shape index (κ1) is 15.3. The summed E-state index contributed by atoms with van der Waals surface area (Å²) in [5.74, 6) is 0.0284. The number of rotatable bonds is 4. The summed E-state index contributed by atoms with van der Waals surface area (Å²) in [7, 11) is 0. The molecule has 0 atom stereocenters. The van der Waals surface area contributed by atoms with Crippen LogP contribution in [0.3, 0.4) is 0 Å². The van der Waals surface area contributed by atoms with Gasteiger partial charge < -0.3 is 5.73 Å². The SMILES string of the molecule is CCC(C)(C)c1ccc(C(=O)c2cc(N)ccc2C)cc1. The minimum Gasteiger partial charge on any atom is -0.399 e. The van der Waals surface area contributed by atoms with Gasteiger partial charge in [-0.1, -0.05) is 51.1 Å². The summed E-state index contributed by atoms with van der Waals surface area (Å²) in [5.41, 5.74) is 10.1. The van der Waals surface area contributed by atoms with Crippen molar-refractivity contribution in [3.8, 4) is 0 Å². The van der Waals surface area contributed by atoms with E-state index in [4.69, 9.17) is 5.73 Å². The van der Waals surface area contributed by atoms with Gasteiger partial charge in [0.1, 0.15) is 0 Å². The lowest BCUT2D eigenvalue weighted by atomic mass is 9.82. The molecule has 0 saturated heterocycles. The third-order valence-electron chi connectivity index (χ3n) is 4.32. The number of anilines is 1. The first-order valence-electron chi connectivity index (χ1n) is 7.36. The number of carbonyl (C=O) groups excluding carboxylic acids is 1. The molecule has 2 aromatic carbocycles. The molecule has 0 heterocycles. The van der Waals surface area contributed by atoms with E-state index in [1.165, 1.54) is 5.56 Å². The Morgan fingerprint density at radius 3 is 2.29 bits per heavy atom. The number of hydrogen-bond acceptors (Lipinski definition) is 2. The molecule has 0 radical (unpaired) electrons. The second-order valence-corrected chi connectivity index (χ2v) is 6.22. The summed E-state index contributed by atoms with van der Waals surface area (Å²) in [6.07, 6.45) is 1.06. The van der Waals surface area contributed by atoms with E-state index < -0.39 is 0 Å². The molecule has 110 valence electrons. The van der Waals surface area contributed by atoms with Crippen LogP contribution in [0.5, 0.6) is 0 Å². The highest BCUT2D eigenvalue weighted by molar-refractivity contribution is 6.10. The third-order valence-corrected chi connectivity index (χ3v) is 4.32. The van der Waals surface area contributed by atoms with Crippen LogP contribution in [0.1, 0.15) is 54.2 Å². The smallest absolute Gasteiger partial charge is 0.193 e. The zero-order chi connectivity index (χ0) is 15.6. The summed E-state index contributed by atoms with van der Waals surface area (Å²) in [6.45, 7) is 8.54. The van der Waals surface area contributed by atoms with Crippen LogP contribution < -0.4 is 5.73 Å². The Balaban J connectivity index is 2.35. The molecule has 0 aliphatic heterocycles. The number of hydrogen-bond donors (Lipinski definition) is 1. The fourth-order valence-corrected chi connectivity index (χ4v) is 2.32. The summed E-state index contributed by atoms with van der Waals surface area (Å²) in [4.78, 5) is 12.6. The van der Waals surface area contributed by atoms with Crippen molar-refractivity contribution in [1.82, 2.24) is 0 Å². The molecule has 0 aliphatic carbocycles. The van der Waals surface area contributed by atoms with Gasteiger partial charge in [-0.05, 0) is 42.0 Å². The van der Waals surface area contributed by atoms with Crippen LogP contribution in [0.4, 0.5) is 5.69 Å². The topological polar surface area (TPSA) is 43.1 Å². The van der Waals surface area contributed by atoms with Crippen LogP contribution in [0.15, 0.2) is 42.5 Å². The molecule has 0 unspecified atom stereocenters. The van der Waals surface area contributed by atoms with Crippen molar-refractivity contribution in [2.24, 2.45) is 0 Å². The molecular weight excluding hydrogens is 258 g/mol. The monoisotopic (exact) mass is 281 g/mol. The average Bonchev–Trinajstić information content (AvgIpc) is 2.49. The van der Waals surface area contributed by atoms with Crippen molar-refractivity contribution >= 4 is 11.5 Å². The molecule has 0 fully saturated rings. The largest absolute Gasteiger partial charge is 0.399 e. The maximum absolute atomic E-state index is 12.6. The van der Waals surface area contributed by atoms with Gasteiger partial charge in [-0.15, -0.1) is 0 Å². The number of nitrogens with two attached hydrogens (primary N) is 1. The van der Waals surface area contributed by atoms with Crippen molar-refractivity contribution < 1.29 is 4.79 Å². The lowest BCUT2D eigenvalue weighted by Gasteiger charge is -2.23. The summed E-state index contributed by atoms with van der Waals surface area (Å²) in [5, 5.41) is 0. The normalized spacial score (nSPS) is 11.4. The third kappa shape index (κ3) is 3.15. The Bertz CT molecular complexity index is 654. The van der Waals surface area contributed by atoms with Crippen molar-refractivity contribution in [3.05, 3.63) is 64.7 Å². The quantitative estimate of drug-likeness (QED) is 0.662. The number of ketones is 1. The standard InChI is InChI=1S/C19H23NO/c1-5-19(3,4)15-9-7-14(8-10-15)18(21)17-12-16(20)11-6-13(17)2/h6-12H,5,20H2,1-4H3. The molecule has 0 saturated carbocycles. The number of nitrogen functional groups attached to an aromatic ring is 1. The van der Waals surface area contributed by atoms with Crippen molar-refractivity contribution in [2.75, 3.05) is 5.73 Å². The molecule has 2 nitrogen and oxygen atoms in total. The lowest BCUT2D eigenvalue weighted by molar-refractivity contribution is 0.103. The van der Waals surface area contributed by atoms with Gasteiger partial charge in [0, 0.05) is 16.8 Å². The maximum atomic E-state index is 12.6. The minimum atomic E-state index is 0.0284. The molecule has 2 N–H and O–H groups in total. The summed E-state index contributed by atoms with van der Waals surface area (Å²) < 4.78 is 0. The molecule has 2 aromatic rings. The van der Waals surface area contributed by atoms with E-state index in [1.54, 1.807) is 6.07 Å². The van der Waals surface area contributed by atoms with Gasteiger partial charge in [-0.25, -0.2) is 0 Å². The van der Waals surface area contributed by atoms with Gasteiger partial charge in [0.05, 0.1) is 0 Å². The first-order chi connectivity index (χ1) is 9.85. The fraction of sp³-hybridized carbons (Fsp3) is 0.316. The first-order valence-corrected chi connectivity index (χ1v) is 7.36. The number of carbonyl (C=O) groups is 1. The van der Waals surface area contributed by atoms with Gasteiger partial charge >= 0.3 is 0 Å². The summed E-state index contributed by atoms with van der Waals surface area (Å²) in [6, 6.07) is 13.4. The molecule has 2 heteroatoms. The van der Waals surface area contributed by atoms with Crippen molar-refractivity contribution in [3.63, 3.8) is 0 Å². The van der Waals surface area contributed by atoms with Crippen LogP contribution in [0.2, 0.25) is 0 Å². The molecule has 21 heavy (non-hydrogen) atoms. The van der Waals surface area contributed by atoms with Gasteiger partial charge in [0.25, 0.3) is 0 Å². The Labute approximate surface area is 127 Å². The summed E-state index contributed by atoms with van der Waals surface area (Å²) >= 11 is 0. The predicted molar refractivity (Wildman–Crippen MR) is 88.8 cm³/mol. The van der Waals surface area contributed by atoms with Crippen LogP contribution in [0, 0.1) is 6.92 Å². The van der Waals surface area contributed by atoms with Crippen LogP contribution in [-0.2, 0) is 5.41 Å². The van der Waals surface area contributed by atoms with E-state index in [9.17, 15) is 4.79 Å². The maximum Gasteiger partial charge on any atom is 0.193 e. The average molecular weight is 281 g/mol. The molecule has 0 aromatic heterocycles. The minimum absolute atomic E-state index is 0.0284. The second-order valence-electron chi connectivity index (χ2n) is 6.22. The van der Waals surface area contributed by atoms with E-state index in [0.717, 1.165) is 12.0 Å². The number of aryl methyl sites for hydroxylation is 1. The lowest BCUT2D eigenvalue weighted by Crippen LogP contribution is -2.15. The van der Waals surface area contributed by atoms with Gasteiger partial charge in [0.15, 0.2) is 5.78 Å². The van der Waals surface area contributed by atoms with Gasteiger partial charge in [0.2, 0.25) is 0 Å². The number of benzene rings is 2. The molecule has 0 spiro atoms. The second kappa shape index (κ2) is 5.72. The molecule has 0 aliphatic rings. The van der Waals surface area contributed by atoms with Gasteiger partial charge in [-0.3, -0.25) is 4.79 Å². The van der Waals surface area contributed by atoms with E-state index in [2.05, 4.69) is 32.9 Å². The molecular formula is C19H23NO. The van der Waals surface area contributed by atoms with Gasteiger partial charge in [-0.2, -0.15) is 0 Å². The van der Waals surface area contributed by atoms with Crippen LogP contribution in [0.25, 0.3) is 0 Å². The highest BCUT2D eigenvalue weighted by Gasteiger charge is 2.19. The van der Waals surface area contributed by atoms with Crippen LogP contribution in [-0.4, -0.2) is 5.78 Å². The van der Waals surface area contributed by atoms with E-state index in [0.29, 0.717) is 16.8 Å². The zero-order valence-corrected chi connectivity index (χ0v) is 13.2. The van der Waals surface area contributed by atoms with Crippen LogP contribution >= 0.6 is 0 Å². The van der Waals surface area contributed by atoms with E-state index >= 15 is 0 Å². The van der Waals surface area contributed by atoms with Crippen molar-refractivity contribution in [2.45, 2.75) is 39.5 Å². The fourth-order valence-electron chi connectivity index (χ4n) is 2.32. The predicted octanol–water partition coefficient (Wildman–Crippen LogP) is 4.50. The Kier molecular flexibility index (Phi) is 4.17. The Morgan fingerprint density at radius 2 is 1.71 bits per heavy atom. The zero-order valence-electron chi connectivity index (χ0n) is 13.2. The Morgan fingerprint density at radius 1 is 1.10 bits per heavy atom. The van der Waals surface area contributed by atoms with E-state index in [1.807, 2.05) is 31.2 Å².